The van der Waals surface area contributed by atoms with Gasteiger partial charge < -0.3 is 0 Å². The summed E-state index contributed by atoms with van der Waals surface area (Å²) < 4.78 is 14.6. The number of hydrogen-bond acceptors (Lipinski definition) is 3. The fraction of sp³-hybridized carbons (Fsp3) is 0.286. The number of rotatable bonds is 2. The van der Waals surface area contributed by atoms with E-state index in [0.717, 1.165) is 29.4 Å². The van der Waals surface area contributed by atoms with E-state index in [0.29, 0.717) is 10.6 Å². The van der Waals surface area contributed by atoms with Crippen LogP contribution >= 0.6 is 27.3 Å². The van der Waals surface area contributed by atoms with Crippen LogP contribution in [0.2, 0.25) is 0 Å². The van der Waals surface area contributed by atoms with Crippen molar-refractivity contribution in [1.82, 2.24) is 4.98 Å². The first-order valence-electron chi connectivity index (χ1n) is 5.97. The quantitative estimate of drug-likeness (QED) is 0.799. The number of halogens is 2. The maximum absolute atomic E-state index is 13.8. The van der Waals surface area contributed by atoms with Crippen molar-refractivity contribution in [3.8, 4) is 16.6 Å². The van der Waals surface area contributed by atoms with Gasteiger partial charge in [0.05, 0.1) is 11.8 Å². The third-order valence-corrected chi connectivity index (χ3v) is 4.94. The van der Waals surface area contributed by atoms with Crippen LogP contribution < -0.4 is 0 Å². The molecule has 1 aliphatic rings. The van der Waals surface area contributed by atoms with Crippen LogP contribution in [0.15, 0.2) is 28.1 Å². The van der Waals surface area contributed by atoms with Gasteiger partial charge in [0.15, 0.2) is 0 Å². The van der Waals surface area contributed by atoms with E-state index < -0.39 is 5.41 Å². The second kappa shape index (κ2) is 4.69. The Balaban J connectivity index is 2.02. The Kier molecular flexibility index (Phi) is 3.15. The van der Waals surface area contributed by atoms with E-state index in [9.17, 15) is 9.65 Å². The number of benzene rings is 1. The van der Waals surface area contributed by atoms with Gasteiger partial charge >= 0.3 is 0 Å². The summed E-state index contributed by atoms with van der Waals surface area (Å²) in [5.74, 6) is -0.288. The largest absolute Gasteiger partial charge is 0.239 e. The Hall–Kier alpha value is -1.25. The van der Waals surface area contributed by atoms with E-state index in [-0.39, 0.29) is 5.82 Å². The lowest BCUT2D eigenvalue weighted by Crippen LogP contribution is -2.32. The Morgan fingerprint density at radius 2 is 2.21 bits per heavy atom. The van der Waals surface area contributed by atoms with Crippen LogP contribution in [-0.2, 0) is 5.41 Å². The van der Waals surface area contributed by atoms with Crippen LogP contribution in [0.1, 0.15) is 25.0 Å². The first-order chi connectivity index (χ1) is 9.14. The van der Waals surface area contributed by atoms with Crippen molar-refractivity contribution in [3.63, 3.8) is 0 Å². The normalized spacial score (nSPS) is 16.7. The Morgan fingerprint density at radius 3 is 2.84 bits per heavy atom. The van der Waals surface area contributed by atoms with Crippen LogP contribution in [0.4, 0.5) is 4.39 Å². The van der Waals surface area contributed by atoms with Crippen molar-refractivity contribution in [3.05, 3.63) is 39.6 Å². The molecule has 2 aromatic rings. The summed E-state index contributed by atoms with van der Waals surface area (Å²) in [5.41, 5.74) is 0.843. The number of aromatic nitrogens is 1. The minimum Gasteiger partial charge on any atom is -0.239 e. The lowest BCUT2D eigenvalue weighted by Gasteiger charge is -2.33. The smallest absolute Gasteiger partial charge is 0.133 e. The minimum atomic E-state index is -0.433. The molecule has 1 aromatic heterocycles. The van der Waals surface area contributed by atoms with Gasteiger partial charge in [0, 0.05) is 15.4 Å². The lowest BCUT2D eigenvalue weighted by atomic mass is 9.68. The zero-order valence-corrected chi connectivity index (χ0v) is 12.4. The van der Waals surface area contributed by atoms with Crippen LogP contribution in [0.5, 0.6) is 0 Å². The molecule has 0 spiro atoms. The average molecular weight is 337 g/mol. The van der Waals surface area contributed by atoms with Gasteiger partial charge in [-0.1, -0.05) is 15.9 Å². The predicted octanol–water partition coefficient (Wildman–Crippen LogP) is 4.66. The standard InChI is InChI=1S/C14H10BrFN2S/c15-9-2-3-11(16)10(6-9)13-18-12(7-19-13)14(8-17)4-1-5-14/h2-3,6-7H,1,4-5H2. The van der Waals surface area contributed by atoms with Crippen molar-refractivity contribution < 1.29 is 4.39 Å². The zero-order valence-electron chi connectivity index (χ0n) is 9.99. The van der Waals surface area contributed by atoms with E-state index >= 15 is 0 Å². The first kappa shape index (κ1) is 12.8. The highest BCUT2D eigenvalue weighted by Gasteiger charge is 2.41. The first-order valence-corrected chi connectivity index (χ1v) is 7.65. The SMILES string of the molecule is N#CC1(c2csc(-c3cc(Br)ccc3F)n2)CCC1. The van der Waals surface area contributed by atoms with Gasteiger partial charge in [-0.25, -0.2) is 9.37 Å². The monoisotopic (exact) mass is 336 g/mol. The summed E-state index contributed by atoms with van der Waals surface area (Å²) in [4.78, 5) is 4.48. The molecule has 0 bridgehead atoms. The molecule has 96 valence electrons. The molecule has 1 aromatic carbocycles. The number of nitriles is 1. The predicted molar refractivity (Wildman–Crippen MR) is 76.4 cm³/mol. The van der Waals surface area contributed by atoms with Crippen molar-refractivity contribution in [1.29, 1.82) is 5.26 Å². The molecule has 1 saturated carbocycles. The van der Waals surface area contributed by atoms with Gasteiger partial charge in [0.2, 0.25) is 0 Å². The molecule has 0 atom stereocenters. The number of nitrogens with zero attached hydrogens (tertiary/aromatic N) is 2. The van der Waals surface area contributed by atoms with E-state index in [1.54, 1.807) is 12.1 Å². The average Bonchev–Trinajstić information content (AvgIpc) is 2.81. The van der Waals surface area contributed by atoms with E-state index in [4.69, 9.17) is 0 Å². The molecule has 19 heavy (non-hydrogen) atoms. The zero-order chi connectivity index (χ0) is 13.5. The highest BCUT2D eigenvalue weighted by Crippen LogP contribution is 2.44. The topological polar surface area (TPSA) is 36.7 Å². The molecule has 0 unspecified atom stereocenters. The van der Waals surface area contributed by atoms with E-state index in [1.165, 1.54) is 17.4 Å². The third-order valence-electron chi connectivity index (χ3n) is 3.57. The highest BCUT2D eigenvalue weighted by molar-refractivity contribution is 9.10. The molecule has 1 aliphatic carbocycles. The fourth-order valence-corrected chi connectivity index (χ4v) is 3.53. The summed E-state index contributed by atoms with van der Waals surface area (Å²) in [5, 5.41) is 11.8. The van der Waals surface area contributed by atoms with E-state index in [1.807, 2.05) is 5.38 Å². The fourth-order valence-electron chi connectivity index (χ4n) is 2.23. The molecule has 5 heteroatoms. The molecule has 0 N–H and O–H groups in total. The van der Waals surface area contributed by atoms with Crippen LogP contribution in [0.3, 0.4) is 0 Å². The third kappa shape index (κ3) is 2.09. The molecule has 0 amide bonds. The lowest BCUT2D eigenvalue weighted by molar-refractivity contribution is 0.317. The van der Waals surface area contributed by atoms with Crippen molar-refractivity contribution in [2.45, 2.75) is 24.7 Å². The van der Waals surface area contributed by atoms with Gasteiger partial charge in [-0.3, -0.25) is 0 Å². The number of hydrogen-bond donors (Lipinski definition) is 0. The molecule has 3 rings (SSSR count). The number of thiazole rings is 1. The molecule has 1 heterocycles. The minimum absolute atomic E-state index is 0.288. The summed E-state index contributed by atoms with van der Waals surface area (Å²) >= 11 is 4.73. The highest BCUT2D eigenvalue weighted by atomic mass is 79.9. The second-order valence-electron chi connectivity index (χ2n) is 4.71. The van der Waals surface area contributed by atoms with Gasteiger partial charge in [-0.15, -0.1) is 11.3 Å². The molecular weight excluding hydrogens is 327 g/mol. The maximum atomic E-state index is 13.8. The molecule has 0 saturated heterocycles. The van der Waals surface area contributed by atoms with Crippen LogP contribution in [-0.4, -0.2) is 4.98 Å². The van der Waals surface area contributed by atoms with Crippen molar-refractivity contribution in [2.75, 3.05) is 0 Å². The molecule has 0 radical (unpaired) electrons. The molecule has 0 aliphatic heterocycles. The molecular formula is C14H10BrFN2S. The summed E-state index contributed by atoms with van der Waals surface area (Å²) in [6.45, 7) is 0. The van der Waals surface area contributed by atoms with Gasteiger partial charge in [-0.05, 0) is 37.5 Å². The Labute approximate surface area is 123 Å². The van der Waals surface area contributed by atoms with E-state index in [2.05, 4.69) is 27.0 Å². The van der Waals surface area contributed by atoms with Gasteiger partial charge in [0.25, 0.3) is 0 Å². The van der Waals surface area contributed by atoms with Crippen molar-refractivity contribution >= 4 is 27.3 Å². The molecule has 2 nitrogen and oxygen atoms in total. The van der Waals surface area contributed by atoms with Gasteiger partial charge in [-0.2, -0.15) is 5.26 Å². The Morgan fingerprint density at radius 1 is 1.42 bits per heavy atom. The second-order valence-corrected chi connectivity index (χ2v) is 6.48. The van der Waals surface area contributed by atoms with Crippen LogP contribution in [0.25, 0.3) is 10.6 Å². The maximum Gasteiger partial charge on any atom is 0.133 e. The molecule has 1 fully saturated rings. The van der Waals surface area contributed by atoms with Crippen LogP contribution in [0, 0.1) is 17.1 Å². The van der Waals surface area contributed by atoms with Gasteiger partial charge in [0.1, 0.15) is 16.2 Å². The van der Waals surface area contributed by atoms with Crippen molar-refractivity contribution in [2.24, 2.45) is 0 Å². The summed E-state index contributed by atoms with van der Waals surface area (Å²) in [6.07, 6.45) is 2.77. The Bertz CT molecular complexity index is 670. The summed E-state index contributed by atoms with van der Waals surface area (Å²) in [6, 6.07) is 7.17. The summed E-state index contributed by atoms with van der Waals surface area (Å²) in [7, 11) is 0.